The highest BCUT2D eigenvalue weighted by Gasteiger charge is 2.03. The Morgan fingerprint density at radius 2 is 2.00 bits per heavy atom. The van der Waals surface area contributed by atoms with Crippen molar-refractivity contribution >= 4 is 0 Å². The first-order chi connectivity index (χ1) is 6.42. The summed E-state index contributed by atoms with van der Waals surface area (Å²) in [5.74, 6) is 0.822. The summed E-state index contributed by atoms with van der Waals surface area (Å²) in [6.45, 7) is 0. The molecule has 0 unspecified atom stereocenters. The third-order valence-electron chi connectivity index (χ3n) is 1.84. The van der Waals surface area contributed by atoms with E-state index in [9.17, 15) is 0 Å². The lowest BCUT2D eigenvalue weighted by atomic mass is 10.2. The molecule has 1 aromatic heterocycles. The Kier molecular flexibility index (Phi) is 2.00. The van der Waals surface area contributed by atoms with E-state index in [-0.39, 0.29) is 0 Å². The number of imidazole rings is 1. The van der Waals surface area contributed by atoms with Gasteiger partial charge in [-0.3, -0.25) is 0 Å². The second kappa shape index (κ2) is 3.31. The van der Waals surface area contributed by atoms with E-state index in [1.54, 1.807) is 24.2 Å². The van der Waals surface area contributed by atoms with Gasteiger partial charge in [0, 0.05) is 11.8 Å². The molecule has 0 aliphatic rings. The molecular formula is C10H10N2O. The molecule has 3 heteroatoms. The van der Waals surface area contributed by atoms with Gasteiger partial charge in [0.1, 0.15) is 7.11 Å². The number of hydrogen-bond acceptors (Lipinski definition) is 2. The highest BCUT2D eigenvalue weighted by molar-refractivity contribution is 5.54. The van der Waals surface area contributed by atoms with Crippen LogP contribution in [0.2, 0.25) is 0 Å². The fourth-order valence-corrected chi connectivity index (χ4v) is 1.23. The van der Waals surface area contributed by atoms with Crippen LogP contribution in [0.25, 0.3) is 11.4 Å². The summed E-state index contributed by atoms with van der Waals surface area (Å²) in [5.41, 5.74) is 1.05. The van der Waals surface area contributed by atoms with E-state index in [4.69, 9.17) is 4.84 Å². The molecule has 0 atom stereocenters. The minimum atomic E-state index is 0.822. The maximum atomic E-state index is 5.09. The average Bonchev–Trinajstić information content (AvgIpc) is 2.67. The van der Waals surface area contributed by atoms with Crippen LogP contribution in [0.4, 0.5) is 0 Å². The van der Waals surface area contributed by atoms with E-state index >= 15 is 0 Å². The summed E-state index contributed by atoms with van der Waals surface area (Å²) in [6, 6.07) is 9.92. The molecular weight excluding hydrogens is 164 g/mol. The van der Waals surface area contributed by atoms with Gasteiger partial charge in [0.25, 0.3) is 0 Å². The molecule has 66 valence electrons. The Bertz CT molecular complexity index is 381. The standard InChI is InChI=1S/C10H10N2O/c1-13-12-8-7-11-10(12)9-5-3-2-4-6-9/h2-8H,1H3. The van der Waals surface area contributed by atoms with E-state index in [1.165, 1.54) is 0 Å². The van der Waals surface area contributed by atoms with Gasteiger partial charge in [-0.1, -0.05) is 30.3 Å². The van der Waals surface area contributed by atoms with Crippen molar-refractivity contribution in [3.63, 3.8) is 0 Å². The van der Waals surface area contributed by atoms with Crippen molar-refractivity contribution in [2.24, 2.45) is 0 Å². The molecule has 0 bridgehead atoms. The minimum Gasteiger partial charge on any atom is -0.416 e. The van der Waals surface area contributed by atoms with Crippen LogP contribution in [0.3, 0.4) is 0 Å². The van der Waals surface area contributed by atoms with E-state index in [1.807, 2.05) is 30.3 Å². The van der Waals surface area contributed by atoms with Gasteiger partial charge in [-0.25, -0.2) is 4.98 Å². The van der Waals surface area contributed by atoms with Crippen molar-refractivity contribution < 1.29 is 4.84 Å². The fraction of sp³-hybridized carbons (Fsp3) is 0.100. The zero-order chi connectivity index (χ0) is 9.10. The molecule has 0 amide bonds. The largest absolute Gasteiger partial charge is 0.416 e. The van der Waals surface area contributed by atoms with E-state index in [0.717, 1.165) is 11.4 Å². The molecule has 0 N–H and O–H groups in total. The molecule has 0 aliphatic heterocycles. The van der Waals surface area contributed by atoms with Crippen LogP contribution in [0, 0.1) is 0 Å². The molecule has 2 rings (SSSR count). The maximum Gasteiger partial charge on any atom is 0.175 e. The second-order valence-electron chi connectivity index (χ2n) is 2.63. The molecule has 3 nitrogen and oxygen atoms in total. The van der Waals surface area contributed by atoms with Crippen molar-refractivity contribution in [2.75, 3.05) is 7.11 Å². The van der Waals surface area contributed by atoms with Gasteiger partial charge < -0.3 is 4.84 Å². The maximum absolute atomic E-state index is 5.09. The first-order valence-electron chi connectivity index (χ1n) is 4.05. The molecule has 0 radical (unpaired) electrons. The van der Waals surface area contributed by atoms with Gasteiger partial charge in [0.2, 0.25) is 0 Å². The molecule has 0 aliphatic carbocycles. The Labute approximate surface area is 76.6 Å². The SMILES string of the molecule is COn1ccnc1-c1ccccc1. The molecule has 13 heavy (non-hydrogen) atoms. The van der Waals surface area contributed by atoms with E-state index in [0.29, 0.717) is 0 Å². The van der Waals surface area contributed by atoms with Crippen LogP contribution in [-0.2, 0) is 0 Å². The molecule has 1 aromatic carbocycles. The van der Waals surface area contributed by atoms with Crippen molar-refractivity contribution in [2.45, 2.75) is 0 Å². The molecule has 2 aromatic rings. The Morgan fingerprint density at radius 1 is 1.23 bits per heavy atom. The fourth-order valence-electron chi connectivity index (χ4n) is 1.23. The summed E-state index contributed by atoms with van der Waals surface area (Å²) in [4.78, 5) is 9.29. The number of hydrogen-bond donors (Lipinski definition) is 0. The van der Waals surface area contributed by atoms with Crippen molar-refractivity contribution in [1.29, 1.82) is 0 Å². The van der Waals surface area contributed by atoms with Crippen molar-refractivity contribution in [3.8, 4) is 11.4 Å². The van der Waals surface area contributed by atoms with Crippen LogP contribution >= 0.6 is 0 Å². The summed E-state index contributed by atoms with van der Waals surface area (Å²) >= 11 is 0. The summed E-state index contributed by atoms with van der Waals surface area (Å²) in [6.07, 6.45) is 3.49. The normalized spacial score (nSPS) is 9.92. The molecule has 0 spiro atoms. The van der Waals surface area contributed by atoms with Gasteiger partial charge in [-0.2, -0.15) is 4.73 Å². The Hall–Kier alpha value is -1.77. The van der Waals surface area contributed by atoms with Crippen molar-refractivity contribution in [1.82, 2.24) is 9.71 Å². The summed E-state index contributed by atoms with van der Waals surface area (Å²) < 4.78 is 1.63. The highest BCUT2D eigenvalue weighted by Crippen LogP contribution is 2.14. The predicted octanol–water partition coefficient (Wildman–Crippen LogP) is 1.61. The van der Waals surface area contributed by atoms with Gasteiger partial charge in [-0.05, 0) is 0 Å². The summed E-state index contributed by atoms with van der Waals surface area (Å²) in [7, 11) is 1.62. The predicted molar refractivity (Wildman–Crippen MR) is 50.2 cm³/mol. The Morgan fingerprint density at radius 3 is 2.69 bits per heavy atom. The van der Waals surface area contributed by atoms with Gasteiger partial charge >= 0.3 is 0 Å². The van der Waals surface area contributed by atoms with Crippen LogP contribution < -0.4 is 4.84 Å². The lowest BCUT2D eigenvalue weighted by Crippen LogP contribution is -2.05. The van der Waals surface area contributed by atoms with Crippen LogP contribution in [0.1, 0.15) is 0 Å². The van der Waals surface area contributed by atoms with Gasteiger partial charge in [-0.15, -0.1) is 0 Å². The lowest BCUT2D eigenvalue weighted by Gasteiger charge is -2.04. The highest BCUT2D eigenvalue weighted by atomic mass is 16.6. The first-order valence-corrected chi connectivity index (χ1v) is 4.05. The monoisotopic (exact) mass is 174 g/mol. The van der Waals surface area contributed by atoms with Crippen molar-refractivity contribution in [3.05, 3.63) is 42.7 Å². The third kappa shape index (κ3) is 1.40. The number of rotatable bonds is 2. The van der Waals surface area contributed by atoms with E-state index < -0.39 is 0 Å². The van der Waals surface area contributed by atoms with Crippen LogP contribution in [0.5, 0.6) is 0 Å². The lowest BCUT2D eigenvalue weighted by molar-refractivity contribution is 0.171. The summed E-state index contributed by atoms with van der Waals surface area (Å²) in [5, 5.41) is 0. The zero-order valence-corrected chi connectivity index (χ0v) is 7.34. The molecule has 0 saturated heterocycles. The molecule has 0 fully saturated rings. The Balaban J connectivity index is 2.47. The minimum absolute atomic E-state index is 0.822. The quantitative estimate of drug-likeness (QED) is 0.691. The topological polar surface area (TPSA) is 27.1 Å². The van der Waals surface area contributed by atoms with Gasteiger partial charge in [0.05, 0.1) is 6.20 Å². The smallest absolute Gasteiger partial charge is 0.175 e. The van der Waals surface area contributed by atoms with Crippen LogP contribution in [-0.4, -0.2) is 16.8 Å². The van der Waals surface area contributed by atoms with Crippen LogP contribution in [0.15, 0.2) is 42.7 Å². The number of nitrogens with zero attached hydrogens (tertiary/aromatic N) is 2. The van der Waals surface area contributed by atoms with E-state index in [2.05, 4.69) is 4.98 Å². The number of aromatic nitrogens is 2. The first kappa shape index (κ1) is 7.86. The molecule has 1 heterocycles. The van der Waals surface area contributed by atoms with Gasteiger partial charge in [0.15, 0.2) is 5.82 Å². The molecule has 0 saturated carbocycles. The average molecular weight is 174 g/mol. The third-order valence-corrected chi connectivity index (χ3v) is 1.84. The second-order valence-corrected chi connectivity index (χ2v) is 2.63. The zero-order valence-electron chi connectivity index (χ0n) is 7.34. The number of benzene rings is 1.